The van der Waals surface area contributed by atoms with Gasteiger partial charge in [0.25, 0.3) is 5.91 Å². The lowest BCUT2D eigenvalue weighted by atomic mass is 9.95. The predicted octanol–water partition coefficient (Wildman–Crippen LogP) is 1.60. The fraction of sp³-hybridized carbons (Fsp3) is 0.385. The first-order chi connectivity index (χ1) is 18.2. The first-order valence-electron chi connectivity index (χ1n) is 12.5. The minimum absolute atomic E-state index is 0.00104. The van der Waals surface area contributed by atoms with Crippen LogP contribution in [-0.4, -0.2) is 62.3 Å². The van der Waals surface area contributed by atoms with Crippen molar-refractivity contribution in [2.75, 3.05) is 13.1 Å². The average molecular weight is 544 g/mol. The summed E-state index contributed by atoms with van der Waals surface area (Å²) in [4.78, 5) is 36.0. The number of benzene rings is 2. The number of hydrogen-bond acceptors (Lipinski definition) is 6. The standard InChI is InChI=1S/C26H33N5O6S/c27-24(30-20-7-3-1-4-8-20)18-11-13-19(14-12-18)25(33)28-16-15-23(32)29-17-22(26(34)35)31-38(36,37)21-9-5-2-6-10-21/h2,5-6,9-14,20,22,31H,1,3-4,7-8,15-17H2,(H2,27,30)(H,28,33)(H,29,32)(H,34,35)/t22-/m0/s1. The summed E-state index contributed by atoms with van der Waals surface area (Å²) in [6.45, 7) is -0.463. The summed E-state index contributed by atoms with van der Waals surface area (Å²) in [5.74, 6) is -2.06. The lowest BCUT2D eigenvalue weighted by Gasteiger charge is -2.24. The van der Waals surface area contributed by atoms with Gasteiger partial charge in [0.15, 0.2) is 0 Å². The lowest BCUT2D eigenvalue weighted by Crippen LogP contribution is -2.48. The van der Waals surface area contributed by atoms with Gasteiger partial charge in [0.05, 0.1) is 4.90 Å². The number of nitrogens with one attached hydrogen (secondary N) is 5. The van der Waals surface area contributed by atoms with Crippen molar-refractivity contribution in [3.63, 3.8) is 0 Å². The van der Waals surface area contributed by atoms with Crippen LogP contribution in [0.15, 0.2) is 59.5 Å². The van der Waals surface area contributed by atoms with Crippen molar-refractivity contribution in [2.24, 2.45) is 0 Å². The Labute approximate surface area is 222 Å². The van der Waals surface area contributed by atoms with Gasteiger partial charge in [-0.2, -0.15) is 4.72 Å². The number of carbonyl (C=O) groups excluding carboxylic acids is 2. The van der Waals surface area contributed by atoms with Gasteiger partial charge in [-0.05, 0) is 37.1 Å². The summed E-state index contributed by atoms with van der Waals surface area (Å²) < 4.78 is 26.8. The quantitative estimate of drug-likeness (QED) is 0.174. The second-order valence-corrected chi connectivity index (χ2v) is 10.8. The molecule has 0 aliphatic heterocycles. The molecule has 3 rings (SSSR count). The molecule has 0 bridgehead atoms. The maximum atomic E-state index is 12.4. The summed E-state index contributed by atoms with van der Waals surface area (Å²) in [5.41, 5.74) is 1.06. The fourth-order valence-electron chi connectivity index (χ4n) is 4.05. The van der Waals surface area contributed by atoms with Crippen molar-refractivity contribution in [3.8, 4) is 0 Å². The Morgan fingerprint density at radius 3 is 2.18 bits per heavy atom. The van der Waals surface area contributed by atoms with Crippen LogP contribution >= 0.6 is 0 Å². The third-order valence-electron chi connectivity index (χ3n) is 6.18. The first kappa shape index (κ1) is 28.8. The van der Waals surface area contributed by atoms with E-state index in [9.17, 15) is 27.9 Å². The number of amidine groups is 1. The molecule has 2 aromatic rings. The largest absolute Gasteiger partial charge is 0.480 e. The van der Waals surface area contributed by atoms with Crippen molar-refractivity contribution < 1.29 is 27.9 Å². The number of sulfonamides is 1. The van der Waals surface area contributed by atoms with Crippen molar-refractivity contribution in [2.45, 2.75) is 55.5 Å². The second kappa shape index (κ2) is 13.7. The molecule has 0 unspecified atom stereocenters. The molecule has 1 aliphatic rings. The van der Waals surface area contributed by atoms with E-state index < -0.39 is 40.4 Å². The number of aliphatic carboxylic acids is 1. The van der Waals surface area contributed by atoms with Gasteiger partial charge in [0.1, 0.15) is 11.9 Å². The zero-order valence-electron chi connectivity index (χ0n) is 20.9. The highest BCUT2D eigenvalue weighted by Crippen LogP contribution is 2.18. The third-order valence-corrected chi connectivity index (χ3v) is 7.67. The number of carboxylic acid groups (broad SMARTS) is 1. The van der Waals surface area contributed by atoms with Crippen LogP contribution in [0.5, 0.6) is 0 Å². The molecule has 1 atom stereocenters. The highest BCUT2D eigenvalue weighted by atomic mass is 32.2. The van der Waals surface area contributed by atoms with E-state index in [0.29, 0.717) is 23.0 Å². The Balaban J connectivity index is 1.41. The maximum absolute atomic E-state index is 12.4. The van der Waals surface area contributed by atoms with Crippen LogP contribution in [0.3, 0.4) is 0 Å². The van der Waals surface area contributed by atoms with Gasteiger partial charge in [0, 0.05) is 36.7 Å². The number of carboxylic acids is 1. The topological polar surface area (TPSA) is 178 Å². The number of carbonyl (C=O) groups is 3. The molecule has 6 N–H and O–H groups in total. The molecule has 2 aromatic carbocycles. The molecule has 12 heteroatoms. The van der Waals surface area contributed by atoms with E-state index in [1.807, 2.05) is 0 Å². The van der Waals surface area contributed by atoms with Crippen LogP contribution < -0.4 is 20.7 Å². The highest BCUT2D eigenvalue weighted by Gasteiger charge is 2.25. The predicted molar refractivity (Wildman–Crippen MR) is 141 cm³/mol. The Morgan fingerprint density at radius 1 is 0.921 bits per heavy atom. The molecule has 0 saturated heterocycles. The first-order valence-corrected chi connectivity index (χ1v) is 13.9. The van der Waals surface area contributed by atoms with Gasteiger partial charge < -0.3 is 21.1 Å². The minimum Gasteiger partial charge on any atom is -0.480 e. The molecule has 1 saturated carbocycles. The van der Waals surface area contributed by atoms with Crippen LogP contribution in [0, 0.1) is 5.41 Å². The van der Waals surface area contributed by atoms with Crippen LogP contribution in [0.1, 0.15) is 54.4 Å². The van der Waals surface area contributed by atoms with Crippen LogP contribution in [-0.2, 0) is 19.6 Å². The van der Waals surface area contributed by atoms with E-state index in [0.717, 1.165) is 25.7 Å². The lowest BCUT2D eigenvalue weighted by molar-refractivity contribution is -0.138. The molecule has 0 heterocycles. The molecular formula is C26H33N5O6S. The van der Waals surface area contributed by atoms with Crippen molar-refractivity contribution in [1.29, 1.82) is 5.41 Å². The molecule has 0 aromatic heterocycles. The minimum atomic E-state index is -4.08. The van der Waals surface area contributed by atoms with Crippen LogP contribution in [0.4, 0.5) is 0 Å². The normalized spacial score (nSPS) is 14.7. The Bertz CT molecular complexity index is 1230. The average Bonchev–Trinajstić information content (AvgIpc) is 2.92. The zero-order chi connectivity index (χ0) is 27.5. The van der Waals surface area contributed by atoms with Crippen molar-refractivity contribution >= 4 is 33.6 Å². The highest BCUT2D eigenvalue weighted by molar-refractivity contribution is 7.89. The SMILES string of the molecule is N=C(NC1CCCCC1)c1ccc(C(=O)NCCC(=O)NC[C@H](NS(=O)(=O)c2ccccc2)C(=O)O)cc1. The Kier molecular flexibility index (Phi) is 10.4. The van der Waals surface area contributed by atoms with E-state index in [4.69, 9.17) is 5.41 Å². The Morgan fingerprint density at radius 2 is 1.55 bits per heavy atom. The molecule has 1 aliphatic carbocycles. The van der Waals surface area contributed by atoms with Gasteiger partial charge in [-0.15, -0.1) is 0 Å². The molecule has 2 amide bonds. The van der Waals surface area contributed by atoms with Gasteiger partial charge in [-0.1, -0.05) is 49.6 Å². The molecular weight excluding hydrogens is 510 g/mol. The Hall–Kier alpha value is -3.77. The number of rotatable bonds is 12. The number of hydrogen-bond donors (Lipinski definition) is 6. The molecule has 1 fully saturated rings. The van der Waals surface area contributed by atoms with Gasteiger partial charge in [0.2, 0.25) is 15.9 Å². The second-order valence-electron chi connectivity index (χ2n) is 9.07. The summed E-state index contributed by atoms with van der Waals surface area (Å²) in [5, 5.41) is 25.8. The summed E-state index contributed by atoms with van der Waals surface area (Å²) in [6, 6.07) is 12.7. The van der Waals surface area contributed by atoms with Crippen LogP contribution in [0.2, 0.25) is 0 Å². The monoisotopic (exact) mass is 543 g/mol. The van der Waals surface area contributed by atoms with Gasteiger partial charge in [-0.3, -0.25) is 19.8 Å². The van der Waals surface area contributed by atoms with Crippen molar-refractivity contribution in [3.05, 3.63) is 65.7 Å². The van der Waals surface area contributed by atoms with Gasteiger partial charge in [-0.25, -0.2) is 8.42 Å². The smallest absolute Gasteiger partial charge is 0.323 e. The maximum Gasteiger partial charge on any atom is 0.323 e. The van der Waals surface area contributed by atoms with E-state index in [2.05, 4.69) is 20.7 Å². The van der Waals surface area contributed by atoms with Crippen molar-refractivity contribution in [1.82, 2.24) is 20.7 Å². The van der Waals surface area contributed by atoms with E-state index in [1.165, 1.54) is 30.7 Å². The fourth-order valence-corrected chi connectivity index (χ4v) is 5.26. The summed E-state index contributed by atoms with van der Waals surface area (Å²) in [6.07, 6.45) is 5.53. The molecule has 0 radical (unpaired) electrons. The molecule has 11 nitrogen and oxygen atoms in total. The summed E-state index contributed by atoms with van der Waals surface area (Å²) in [7, 11) is -4.08. The number of amides is 2. The van der Waals surface area contributed by atoms with E-state index in [-0.39, 0.29) is 17.9 Å². The molecule has 204 valence electrons. The van der Waals surface area contributed by atoms with Crippen LogP contribution in [0.25, 0.3) is 0 Å². The summed E-state index contributed by atoms with van der Waals surface area (Å²) >= 11 is 0. The zero-order valence-corrected chi connectivity index (χ0v) is 21.7. The third kappa shape index (κ3) is 8.67. The van der Waals surface area contributed by atoms with Gasteiger partial charge >= 0.3 is 5.97 Å². The molecule has 0 spiro atoms. The van der Waals surface area contributed by atoms with E-state index >= 15 is 0 Å². The van der Waals surface area contributed by atoms with E-state index in [1.54, 1.807) is 30.3 Å². The molecule has 38 heavy (non-hydrogen) atoms.